The first-order chi connectivity index (χ1) is 9.69. The lowest BCUT2D eigenvalue weighted by Gasteiger charge is -2.16. The van der Waals surface area contributed by atoms with Gasteiger partial charge in [-0.05, 0) is 55.6 Å². The second-order valence-electron chi connectivity index (χ2n) is 4.83. The standard InChI is InChI=1S/C16H18ClFN2/c1-19-15(7-4-12-3-2-8-20-11-12)9-13-5-6-14(17)10-16(13)18/h2-3,5-6,8,10-11,15,19H,4,7,9H2,1H3. The van der Waals surface area contributed by atoms with Gasteiger partial charge in [0.05, 0.1) is 0 Å². The van der Waals surface area contributed by atoms with Gasteiger partial charge in [0.1, 0.15) is 5.82 Å². The van der Waals surface area contributed by atoms with Crippen LogP contribution in [-0.2, 0) is 12.8 Å². The monoisotopic (exact) mass is 292 g/mol. The Morgan fingerprint density at radius 3 is 2.85 bits per heavy atom. The van der Waals surface area contributed by atoms with Crippen molar-refractivity contribution in [1.82, 2.24) is 10.3 Å². The highest BCUT2D eigenvalue weighted by Gasteiger charge is 2.11. The summed E-state index contributed by atoms with van der Waals surface area (Å²) in [5.41, 5.74) is 1.89. The van der Waals surface area contributed by atoms with Gasteiger partial charge in [0.25, 0.3) is 0 Å². The molecule has 106 valence electrons. The fourth-order valence-corrected chi connectivity index (χ4v) is 2.35. The molecule has 1 aromatic carbocycles. The Kier molecular flexibility index (Phi) is 5.50. The molecular formula is C16H18ClFN2. The van der Waals surface area contributed by atoms with Crippen molar-refractivity contribution < 1.29 is 4.39 Å². The number of aryl methyl sites for hydroxylation is 1. The van der Waals surface area contributed by atoms with Gasteiger partial charge < -0.3 is 5.32 Å². The molecule has 0 fully saturated rings. The zero-order valence-corrected chi connectivity index (χ0v) is 12.2. The number of hydrogen-bond donors (Lipinski definition) is 1. The lowest BCUT2D eigenvalue weighted by molar-refractivity contribution is 0.504. The van der Waals surface area contributed by atoms with E-state index in [0.29, 0.717) is 17.0 Å². The number of aromatic nitrogens is 1. The smallest absolute Gasteiger partial charge is 0.127 e. The molecule has 0 saturated carbocycles. The van der Waals surface area contributed by atoms with E-state index in [2.05, 4.69) is 16.4 Å². The molecule has 2 rings (SSSR count). The van der Waals surface area contributed by atoms with Crippen LogP contribution in [-0.4, -0.2) is 18.1 Å². The van der Waals surface area contributed by atoms with Crippen molar-refractivity contribution in [2.24, 2.45) is 0 Å². The third kappa shape index (κ3) is 4.29. The average molecular weight is 293 g/mol. The Labute approximate surface area is 124 Å². The van der Waals surface area contributed by atoms with E-state index in [9.17, 15) is 4.39 Å². The van der Waals surface area contributed by atoms with Crippen LogP contribution < -0.4 is 5.32 Å². The Hall–Kier alpha value is -1.45. The highest BCUT2D eigenvalue weighted by atomic mass is 35.5. The van der Waals surface area contributed by atoms with Gasteiger partial charge in [-0.15, -0.1) is 0 Å². The molecule has 2 nitrogen and oxygen atoms in total. The van der Waals surface area contributed by atoms with Gasteiger partial charge >= 0.3 is 0 Å². The van der Waals surface area contributed by atoms with E-state index in [1.165, 1.54) is 11.6 Å². The lowest BCUT2D eigenvalue weighted by Crippen LogP contribution is -2.28. The topological polar surface area (TPSA) is 24.9 Å². The summed E-state index contributed by atoms with van der Waals surface area (Å²) >= 11 is 5.77. The molecule has 0 bridgehead atoms. The summed E-state index contributed by atoms with van der Waals surface area (Å²) in [6.45, 7) is 0. The zero-order chi connectivity index (χ0) is 14.4. The quantitative estimate of drug-likeness (QED) is 0.879. The molecule has 0 amide bonds. The first kappa shape index (κ1) is 14.9. The van der Waals surface area contributed by atoms with Crippen LogP contribution in [0.2, 0.25) is 5.02 Å². The third-order valence-electron chi connectivity index (χ3n) is 3.39. The SMILES string of the molecule is CNC(CCc1cccnc1)Cc1ccc(Cl)cc1F. The largest absolute Gasteiger partial charge is 0.317 e. The minimum atomic E-state index is -0.237. The average Bonchev–Trinajstić information content (AvgIpc) is 2.46. The first-order valence-corrected chi connectivity index (χ1v) is 7.07. The van der Waals surface area contributed by atoms with Gasteiger partial charge in [-0.1, -0.05) is 23.7 Å². The second-order valence-corrected chi connectivity index (χ2v) is 5.26. The minimum absolute atomic E-state index is 0.228. The number of halogens is 2. The molecule has 1 N–H and O–H groups in total. The van der Waals surface area contributed by atoms with Crippen LogP contribution in [0.3, 0.4) is 0 Å². The van der Waals surface area contributed by atoms with Crippen molar-refractivity contribution in [3.8, 4) is 0 Å². The van der Waals surface area contributed by atoms with Crippen LogP contribution in [0.1, 0.15) is 17.5 Å². The number of pyridine rings is 1. The number of nitrogens with one attached hydrogen (secondary N) is 1. The molecule has 2 aromatic rings. The van der Waals surface area contributed by atoms with Crippen molar-refractivity contribution in [3.05, 3.63) is 64.7 Å². The van der Waals surface area contributed by atoms with Gasteiger partial charge in [-0.3, -0.25) is 4.98 Å². The van der Waals surface area contributed by atoms with Gasteiger partial charge in [0.15, 0.2) is 0 Å². The predicted octanol–water partition coefficient (Wildman–Crippen LogP) is 3.64. The molecule has 1 unspecified atom stereocenters. The molecule has 0 aliphatic rings. The van der Waals surface area contributed by atoms with E-state index in [1.807, 2.05) is 19.3 Å². The van der Waals surface area contributed by atoms with Gasteiger partial charge in [0, 0.05) is 23.5 Å². The summed E-state index contributed by atoms with van der Waals surface area (Å²) in [5.74, 6) is -0.237. The molecule has 1 atom stereocenters. The summed E-state index contributed by atoms with van der Waals surface area (Å²) in [5, 5.41) is 3.68. The highest BCUT2D eigenvalue weighted by molar-refractivity contribution is 6.30. The number of rotatable bonds is 6. The molecule has 4 heteroatoms. The molecule has 0 radical (unpaired) electrons. The molecule has 0 saturated heterocycles. The van der Waals surface area contributed by atoms with Crippen molar-refractivity contribution >= 4 is 11.6 Å². The van der Waals surface area contributed by atoms with Crippen molar-refractivity contribution in [2.45, 2.75) is 25.3 Å². The maximum atomic E-state index is 13.8. The Bertz CT molecular complexity index is 545. The Balaban J connectivity index is 1.95. The van der Waals surface area contributed by atoms with Gasteiger partial charge in [-0.25, -0.2) is 4.39 Å². The van der Waals surface area contributed by atoms with Gasteiger partial charge in [0.2, 0.25) is 0 Å². The number of hydrogen-bond acceptors (Lipinski definition) is 2. The highest BCUT2D eigenvalue weighted by Crippen LogP contribution is 2.17. The summed E-state index contributed by atoms with van der Waals surface area (Å²) in [4.78, 5) is 4.10. The van der Waals surface area contributed by atoms with Crippen LogP contribution in [0, 0.1) is 5.82 Å². The predicted molar refractivity (Wildman–Crippen MR) is 80.5 cm³/mol. The Morgan fingerprint density at radius 2 is 2.20 bits per heavy atom. The van der Waals surface area contributed by atoms with Crippen LogP contribution in [0.15, 0.2) is 42.7 Å². The van der Waals surface area contributed by atoms with Crippen LogP contribution in [0.5, 0.6) is 0 Å². The molecule has 0 spiro atoms. The minimum Gasteiger partial charge on any atom is -0.317 e. The fraction of sp³-hybridized carbons (Fsp3) is 0.312. The van der Waals surface area contributed by atoms with Crippen LogP contribution >= 0.6 is 11.6 Å². The molecule has 20 heavy (non-hydrogen) atoms. The summed E-state index contributed by atoms with van der Waals surface area (Å²) < 4.78 is 13.8. The number of benzene rings is 1. The second kappa shape index (κ2) is 7.36. The Morgan fingerprint density at radius 1 is 1.35 bits per heavy atom. The van der Waals surface area contributed by atoms with E-state index >= 15 is 0 Å². The third-order valence-corrected chi connectivity index (χ3v) is 3.63. The van der Waals surface area contributed by atoms with E-state index in [1.54, 1.807) is 18.3 Å². The van der Waals surface area contributed by atoms with E-state index in [4.69, 9.17) is 11.6 Å². The number of nitrogens with zero attached hydrogens (tertiary/aromatic N) is 1. The maximum absolute atomic E-state index is 13.8. The van der Waals surface area contributed by atoms with Crippen molar-refractivity contribution in [1.29, 1.82) is 0 Å². The van der Waals surface area contributed by atoms with Crippen LogP contribution in [0.25, 0.3) is 0 Å². The summed E-state index contributed by atoms with van der Waals surface area (Å²) in [6, 6.07) is 9.07. The lowest BCUT2D eigenvalue weighted by atomic mass is 9.99. The first-order valence-electron chi connectivity index (χ1n) is 6.69. The summed E-state index contributed by atoms with van der Waals surface area (Å²) in [6.07, 6.45) is 6.15. The summed E-state index contributed by atoms with van der Waals surface area (Å²) in [7, 11) is 1.90. The maximum Gasteiger partial charge on any atom is 0.127 e. The molecular weight excluding hydrogens is 275 g/mol. The van der Waals surface area contributed by atoms with E-state index in [0.717, 1.165) is 12.8 Å². The fourth-order valence-electron chi connectivity index (χ4n) is 2.19. The van der Waals surface area contributed by atoms with E-state index < -0.39 is 0 Å². The van der Waals surface area contributed by atoms with Crippen molar-refractivity contribution in [3.63, 3.8) is 0 Å². The molecule has 0 aliphatic carbocycles. The van der Waals surface area contributed by atoms with Crippen LogP contribution in [0.4, 0.5) is 4.39 Å². The molecule has 0 aliphatic heterocycles. The molecule has 1 aromatic heterocycles. The van der Waals surface area contributed by atoms with Gasteiger partial charge in [-0.2, -0.15) is 0 Å². The van der Waals surface area contributed by atoms with Crippen molar-refractivity contribution in [2.75, 3.05) is 7.05 Å². The number of likely N-dealkylation sites (N-methyl/N-ethyl adjacent to an activating group) is 1. The zero-order valence-electron chi connectivity index (χ0n) is 11.4. The van der Waals surface area contributed by atoms with E-state index in [-0.39, 0.29) is 11.9 Å². The molecule has 1 heterocycles. The normalized spacial score (nSPS) is 12.3.